The quantitative estimate of drug-likeness (QED) is 0.722. The standard InChI is InChI=1S/C15H22Cl2N2O/c16-13-4-5-15(14(17)12-13)20-11-3-1-2-8-19-9-6-18-7-10-19/h4-5,12,18H,1-3,6-11H2/p+2. The fourth-order valence-electron chi connectivity index (χ4n) is 2.56. The van der Waals surface area contributed by atoms with E-state index >= 15 is 0 Å². The molecular weight excluding hydrogens is 295 g/mol. The minimum Gasteiger partial charge on any atom is -0.492 e. The van der Waals surface area contributed by atoms with E-state index in [2.05, 4.69) is 5.32 Å². The number of unbranched alkanes of at least 4 members (excludes halogenated alkanes) is 2. The van der Waals surface area contributed by atoms with Gasteiger partial charge in [-0.3, -0.25) is 0 Å². The molecule has 2 rings (SSSR count). The summed E-state index contributed by atoms with van der Waals surface area (Å²) in [7, 11) is 0. The maximum atomic E-state index is 6.06. The molecule has 0 amide bonds. The summed E-state index contributed by atoms with van der Waals surface area (Å²) in [6, 6.07) is 5.35. The lowest BCUT2D eigenvalue weighted by molar-refractivity contribution is -0.946. The van der Waals surface area contributed by atoms with Crippen LogP contribution < -0.4 is 15.0 Å². The van der Waals surface area contributed by atoms with Gasteiger partial charge in [-0.2, -0.15) is 0 Å². The largest absolute Gasteiger partial charge is 0.492 e. The van der Waals surface area contributed by atoms with E-state index in [0.29, 0.717) is 10.0 Å². The van der Waals surface area contributed by atoms with Crippen molar-refractivity contribution in [1.82, 2.24) is 0 Å². The Bertz CT molecular complexity index is 409. The van der Waals surface area contributed by atoms with Gasteiger partial charge in [-0.25, -0.2) is 0 Å². The Hall–Kier alpha value is -0.480. The highest BCUT2D eigenvalue weighted by Crippen LogP contribution is 2.27. The molecule has 1 saturated heterocycles. The summed E-state index contributed by atoms with van der Waals surface area (Å²) in [6.45, 7) is 7.23. The van der Waals surface area contributed by atoms with E-state index in [4.69, 9.17) is 27.9 Å². The molecule has 5 heteroatoms. The number of quaternary nitrogens is 2. The first-order valence-electron chi connectivity index (χ1n) is 7.49. The van der Waals surface area contributed by atoms with Crippen LogP contribution >= 0.6 is 23.2 Å². The topological polar surface area (TPSA) is 30.3 Å². The highest BCUT2D eigenvalue weighted by atomic mass is 35.5. The first-order chi connectivity index (χ1) is 9.75. The number of hydrogen-bond acceptors (Lipinski definition) is 1. The summed E-state index contributed by atoms with van der Waals surface area (Å²) in [5, 5.41) is 3.64. The van der Waals surface area contributed by atoms with Crippen molar-refractivity contribution in [2.45, 2.75) is 19.3 Å². The maximum absolute atomic E-state index is 6.06. The Balaban J connectivity index is 1.55. The minimum atomic E-state index is 0.589. The molecule has 1 aromatic rings. The average molecular weight is 319 g/mol. The predicted octanol–water partition coefficient (Wildman–Crippen LogP) is 1.00. The molecule has 0 unspecified atom stereocenters. The van der Waals surface area contributed by atoms with E-state index in [1.54, 1.807) is 17.0 Å². The van der Waals surface area contributed by atoms with E-state index in [1.165, 1.54) is 45.6 Å². The lowest BCUT2D eigenvalue weighted by Crippen LogP contribution is -3.20. The van der Waals surface area contributed by atoms with E-state index in [1.807, 2.05) is 6.07 Å². The third-order valence-electron chi connectivity index (χ3n) is 3.73. The Morgan fingerprint density at radius 1 is 1.10 bits per heavy atom. The van der Waals surface area contributed by atoms with Crippen LogP contribution in [0.25, 0.3) is 0 Å². The first-order valence-corrected chi connectivity index (χ1v) is 8.24. The number of benzene rings is 1. The van der Waals surface area contributed by atoms with Crippen molar-refractivity contribution >= 4 is 23.2 Å². The van der Waals surface area contributed by atoms with Crippen LogP contribution in [0.1, 0.15) is 19.3 Å². The van der Waals surface area contributed by atoms with Crippen LogP contribution in [-0.4, -0.2) is 39.3 Å². The Morgan fingerprint density at radius 3 is 2.65 bits per heavy atom. The highest BCUT2D eigenvalue weighted by Gasteiger charge is 2.14. The number of halogens is 2. The van der Waals surface area contributed by atoms with Crippen LogP contribution in [0.2, 0.25) is 10.0 Å². The van der Waals surface area contributed by atoms with Crippen molar-refractivity contribution < 1.29 is 15.0 Å². The lowest BCUT2D eigenvalue weighted by Gasteiger charge is -2.21. The molecule has 1 aromatic carbocycles. The zero-order chi connectivity index (χ0) is 14.2. The number of piperazine rings is 1. The highest BCUT2D eigenvalue weighted by molar-refractivity contribution is 6.35. The van der Waals surface area contributed by atoms with Gasteiger partial charge in [-0.1, -0.05) is 23.2 Å². The van der Waals surface area contributed by atoms with Gasteiger partial charge in [0.05, 0.1) is 18.2 Å². The zero-order valence-corrected chi connectivity index (χ0v) is 13.3. The van der Waals surface area contributed by atoms with Gasteiger partial charge >= 0.3 is 0 Å². The fourth-order valence-corrected chi connectivity index (χ4v) is 3.02. The van der Waals surface area contributed by atoms with Gasteiger partial charge in [-0.15, -0.1) is 0 Å². The van der Waals surface area contributed by atoms with Crippen LogP contribution in [0, 0.1) is 0 Å². The number of nitrogens with one attached hydrogen (secondary N) is 1. The molecule has 1 aliphatic rings. The second kappa shape index (κ2) is 8.73. The molecule has 20 heavy (non-hydrogen) atoms. The molecule has 0 bridgehead atoms. The molecule has 0 aliphatic carbocycles. The van der Waals surface area contributed by atoms with Gasteiger partial charge in [0.1, 0.15) is 31.9 Å². The molecule has 1 fully saturated rings. The van der Waals surface area contributed by atoms with Crippen molar-refractivity contribution in [3.63, 3.8) is 0 Å². The van der Waals surface area contributed by atoms with Crippen LogP contribution in [0.3, 0.4) is 0 Å². The maximum Gasteiger partial charge on any atom is 0.137 e. The van der Waals surface area contributed by atoms with Crippen LogP contribution in [0.5, 0.6) is 5.75 Å². The molecule has 0 saturated carbocycles. The van der Waals surface area contributed by atoms with E-state index in [9.17, 15) is 0 Å². The lowest BCUT2D eigenvalue weighted by atomic mass is 10.2. The summed E-state index contributed by atoms with van der Waals surface area (Å²) in [5.41, 5.74) is 0. The Labute approximate surface area is 131 Å². The first kappa shape index (κ1) is 15.9. The van der Waals surface area contributed by atoms with Gasteiger partial charge < -0.3 is 15.0 Å². The van der Waals surface area contributed by atoms with Crippen LogP contribution in [0.4, 0.5) is 0 Å². The zero-order valence-electron chi connectivity index (χ0n) is 11.8. The molecule has 3 nitrogen and oxygen atoms in total. The molecule has 0 atom stereocenters. The molecule has 0 spiro atoms. The summed E-state index contributed by atoms with van der Waals surface area (Å²) in [4.78, 5) is 1.76. The predicted molar refractivity (Wildman–Crippen MR) is 83.0 cm³/mol. The normalized spacial score (nSPS) is 16.3. The monoisotopic (exact) mass is 318 g/mol. The van der Waals surface area contributed by atoms with Crippen molar-refractivity contribution in [2.75, 3.05) is 39.3 Å². The number of rotatable bonds is 7. The average Bonchev–Trinajstić information content (AvgIpc) is 2.46. The molecular formula is C15H24Cl2N2O+2. The van der Waals surface area contributed by atoms with Crippen LogP contribution in [-0.2, 0) is 0 Å². The molecule has 1 aliphatic heterocycles. The molecule has 3 N–H and O–H groups in total. The summed E-state index contributed by atoms with van der Waals surface area (Å²) in [5.74, 6) is 0.730. The number of hydrogen-bond donors (Lipinski definition) is 2. The summed E-state index contributed by atoms with van der Waals surface area (Å²) < 4.78 is 5.68. The summed E-state index contributed by atoms with van der Waals surface area (Å²) in [6.07, 6.45) is 3.59. The molecule has 0 radical (unpaired) electrons. The van der Waals surface area contributed by atoms with Crippen molar-refractivity contribution in [1.29, 1.82) is 0 Å². The number of nitrogens with two attached hydrogens (primary N) is 1. The van der Waals surface area contributed by atoms with Crippen molar-refractivity contribution in [3.05, 3.63) is 28.2 Å². The summed E-state index contributed by atoms with van der Waals surface area (Å²) >= 11 is 11.9. The van der Waals surface area contributed by atoms with Gasteiger partial charge in [-0.05, 0) is 37.5 Å². The fraction of sp³-hybridized carbons (Fsp3) is 0.600. The number of ether oxygens (including phenoxy) is 1. The molecule has 0 aromatic heterocycles. The van der Waals surface area contributed by atoms with E-state index in [-0.39, 0.29) is 0 Å². The molecule has 1 heterocycles. The smallest absolute Gasteiger partial charge is 0.137 e. The van der Waals surface area contributed by atoms with Crippen molar-refractivity contribution in [3.8, 4) is 5.75 Å². The van der Waals surface area contributed by atoms with E-state index in [0.717, 1.165) is 18.8 Å². The third kappa shape index (κ3) is 5.49. The Kier molecular flexibility index (Phi) is 6.94. The van der Waals surface area contributed by atoms with Crippen molar-refractivity contribution in [2.24, 2.45) is 0 Å². The second-order valence-electron chi connectivity index (χ2n) is 5.35. The van der Waals surface area contributed by atoms with Crippen LogP contribution in [0.15, 0.2) is 18.2 Å². The van der Waals surface area contributed by atoms with Gasteiger partial charge in [0.2, 0.25) is 0 Å². The van der Waals surface area contributed by atoms with Gasteiger partial charge in [0, 0.05) is 5.02 Å². The molecule has 112 valence electrons. The van der Waals surface area contributed by atoms with E-state index < -0.39 is 0 Å². The second-order valence-corrected chi connectivity index (χ2v) is 6.19. The van der Waals surface area contributed by atoms with Gasteiger partial charge in [0.25, 0.3) is 0 Å². The van der Waals surface area contributed by atoms with Gasteiger partial charge in [0.15, 0.2) is 0 Å². The Morgan fingerprint density at radius 2 is 1.90 bits per heavy atom. The SMILES string of the molecule is Clc1ccc(OCCCCC[NH+]2CC[NH2+]CC2)c(Cl)c1. The third-order valence-corrected chi connectivity index (χ3v) is 4.26. The minimum absolute atomic E-state index is 0.589.